The molecule has 2 rings (SSSR count). The van der Waals surface area contributed by atoms with Gasteiger partial charge in [0.15, 0.2) is 0 Å². The van der Waals surface area contributed by atoms with Gasteiger partial charge in [0.25, 0.3) is 0 Å². The molecule has 1 aromatic heterocycles. The highest BCUT2D eigenvalue weighted by Crippen LogP contribution is 2.32. The maximum atomic E-state index is 5.69. The Labute approximate surface area is 93.6 Å². The van der Waals surface area contributed by atoms with Gasteiger partial charge in [0, 0.05) is 12.3 Å². The number of nitrogens with zero attached hydrogens (tertiary/aromatic N) is 4. The van der Waals surface area contributed by atoms with Gasteiger partial charge in [-0.2, -0.15) is 0 Å². The molecule has 1 saturated heterocycles. The zero-order valence-corrected chi connectivity index (χ0v) is 10.1. The van der Waals surface area contributed by atoms with Gasteiger partial charge in [0.2, 0.25) is 5.16 Å². The molecule has 1 fully saturated rings. The second-order valence-electron chi connectivity index (χ2n) is 4.05. The van der Waals surface area contributed by atoms with Crippen LogP contribution in [0.3, 0.4) is 0 Å². The highest BCUT2D eigenvalue weighted by molar-refractivity contribution is 7.99. The van der Waals surface area contributed by atoms with Crippen LogP contribution >= 0.6 is 11.8 Å². The number of aryl methyl sites for hydroxylation is 1. The molecule has 1 aliphatic rings. The molecular weight excluding hydrogens is 212 g/mol. The lowest BCUT2D eigenvalue weighted by Crippen LogP contribution is -2.30. The van der Waals surface area contributed by atoms with Crippen molar-refractivity contribution in [2.45, 2.75) is 49.3 Å². The summed E-state index contributed by atoms with van der Waals surface area (Å²) >= 11 is 1.75. The first kappa shape index (κ1) is 10.9. The van der Waals surface area contributed by atoms with Crippen molar-refractivity contribution in [3.05, 3.63) is 0 Å². The molecule has 0 bridgehead atoms. The van der Waals surface area contributed by atoms with Gasteiger partial charge in [-0.3, -0.25) is 0 Å². The van der Waals surface area contributed by atoms with Crippen LogP contribution in [-0.4, -0.2) is 37.7 Å². The van der Waals surface area contributed by atoms with Gasteiger partial charge in [-0.1, -0.05) is 11.8 Å². The SMILES string of the molecule is C[C@@H]1CC(Sc2nnnn2C)C[C@H](C)O1. The van der Waals surface area contributed by atoms with Crippen molar-refractivity contribution in [2.75, 3.05) is 0 Å². The third kappa shape index (κ3) is 2.69. The van der Waals surface area contributed by atoms with Gasteiger partial charge < -0.3 is 4.74 Å². The molecule has 0 aliphatic carbocycles. The van der Waals surface area contributed by atoms with E-state index in [2.05, 4.69) is 29.4 Å². The standard InChI is InChI=1S/C9H16N4OS/c1-6-4-8(5-7(2)14-6)15-9-10-11-12-13(9)3/h6-8H,4-5H2,1-3H3/t6-,7+,8?. The molecule has 0 radical (unpaired) electrons. The Hall–Kier alpha value is -0.620. The number of ether oxygens (including phenoxy) is 1. The van der Waals surface area contributed by atoms with Crippen LogP contribution in [0.5, 0.6) is 0 Å². The van der Waals surface area contributed by atoms with Crippen LogP contribution < -0.4 is 0 Å². The first-order valence-electron chi connectivity index (χ1n) is 5.19. The molecule has 0 amide bonds. The maximum Gasteiger partial charge on any atom is 0.209 e. The quantitative estimate of drug-likeness (QED) is 0.762. The molecule has 1 aromatic rings. The fourth-order valence-corrected chi connectivity index (χ4v) is 3.22. The minimum Gasteiger partial charge on any atom is -0.375 e. The summed E-state index contributed by atoms with van der Waals surface area (Å²) in [4.78, 5) is 0. The Bertz CT molecular complexity index is 320. The van der Waals surface area contributed by atoms with Gasteiger partial charge in [-0.05, 0) is 37.1 Å². The van der Waals surface area contributed by atoms with Crippen molar-refractivity contribution in [3.8, 4) is 0 Å². The smallest absolute Gasteiger partial charge is 0.209 e. The van der Waals surface area contributed by atoms with Gasteiger partial charge >= 0.3 is 0 Å². The van der Waals surface area contributed by atoms with E-state index in [4.69, 9.17) is 4.74 Å². The van der Waals surface area contributed by atoms with E-state index >= 15 is 0 Å². The number of rotatable bonds is 2. The van der Waals surface area contributed by atoms with Crippen LogP contribution in [0.4, 0.5) is 0 Å². The highest BCUT2D eigenvalue weighted by atomic mass is 32.2. The average molecular weight is 228 g/mol. The molecule has 0 saturated carbocycles. The zero-order valence-electron chi connectivity index (χ0n) is 9.25. The van der Waals surface area contributed by atoms with Crippen LogP contribution in [0.15, 0.2) is 5.16 Å². The van der Waals surface area contributed by atoms with Crippen LogP contribution in [0.1, 0.15) is 26.7 Å². The summed E-state index contributed by atoms with van der Waals surface area (Å²) in [5, 5.41) is 12.9. The summed E-state index contributed by atoms with van der Waals surface area (Å²) in [6, 6.07) is 0. The first-order valence-corrected chi connectivity index (χ1v) is 6.07. The van der Waals surface area contributed by atoms with Gasteiger partial charge in [-0.25, -0.2) is 4.68 Å². The number of thioether (sulfide) groups is 1. The monoisotopic (exact) mass is 228 g/mol. The van der Waals surface area contributed by atoms with Crippen molar-refractivity contribution in [1.82, 2.24) is 20.2 Å². The second kappa shape index (κ2) is 4.49. The zero-order chi connectivity index (χ0) is 10.8. The third-order valence-corrected chi connectivity index (χ3v) is 3.78. The van der Waals surface area contributed by atoms with Crippen molar-refractivity contribution >= 4 is 11.8 Å². The summed E-state index contributed by atoms with van der Waals surface area (Å²) in [6.07, 6.45) is 2.82. The van der Waals surface area contributed by atoms with E-state index in [1.54, 1.807) is 16.4 Å². The number of aromatic nitrogens is 4. The lowest BCUT2D eigenvalue weighted by Gasteiger charge is -2.31. The highest BCUT2D eigenvalue weighted by Gasteiger charge is 2.26. The van der Waals surface area contributed by atoms with Crippen molar-refractivity contribution in [3.63, 3.8) is 0 Å². The predicted molar refractivity (Wildman–Crippen MR) is 57.7 cm³/mol. The average Bonchev–Trinajstić information content (AvgIpc) is 2.50. The van der Waals surface area contributed by atoms with Crippen LogP contribution in [0.25, 0.3) is 0 Å². The van der Waals surface area contributed by atoms with E-state index in [1.165, 1.54) is 0 Å². The fourth-order valence-electron chi connectivity index (χ4n) is 1.91. The molecule has 0 N–H and O–H groups in total. The van der Waals surface area contributed by atoms with Crippen LogP contribution in [-0.2, 0) is 11.8 Å². The van der Waals surface area contributed by atoms with Crippen molar-refractivity contribution in [2.24, 2.45) is 7.05 Å². The van der Waals surface area contributed by atoms with Crippen LogP contribution in [0, 0.1) is 0 Å². The molecule has 1 aliphatic heterocycles. The summed E-state index contributed by atoms with van der Waals surface area (Å²) < 4.78 is 7.41. The lowest BCUT2D eigenvalue weighted by molar-refractivity contribution is -0.0265. The molecule has 6 heteroatoms. The molecule has 5 nitrogen and oxygen atoms in total. The molecule has 3 atom stereocenters. The maximum absolute atomic E-state index is 5.69. The van der Waals surface area contributed by atoms with Gasteiger partial charge in [0.1, 0.15) is 0 Å². The Balaban J connectivity index is 1.97. The minimum absolute atomic E-state index is 0.340. The third-order valence-electron chi connectivity index (χ3n) is 2.51. The van der Waals surface area contributed by atoms with Crippen LogP contribution in [0.2, 0.25) is 0 Å². The molecular formula is C9H16N4OS. The van der Waals surface area contributed by atoms with E-state index in [0.717, 1.165) is 18.0 Å². The number of tetrazole rings is 1. The molecule has 0 aromatic carbocycles. The van der Waals surface area contributed by atoms with E-state index in [0.29, 0.717) is 17.5 Å². The number of hydrogen-bond acceptors (Lipinski definition) is 5. The van der Waals surface area contributed by atoms with E-state index in [1.807, 2.05) is 7.05 Å². The van der Waals surface area contributed by atoms with E-state index in [-0.39, 0.29) is 0 Å². The fraction of sp³-hybridized carbons (Fsp3) is 0.889. The van der Waals surface area contributed by atoms with E-state index in [9.17, 15) is 0 Å². The van der Waals surface area contributed by atoms with Crippen molar-refractivity contribution in [1.29, 1.82) is 0 Å². The normalized spacial score (nSPS) is 31.8. The van der Waals surface area contributed by atoms with Gasteiger partial charge in [0.05, 0.1) is 12.2 Å². The number of hydrogen-bond donors (Lipinski definition) is 0. The van der Waals surface area contributed by atoms with Crippen molar-refractivity contribution < 1.29 is 4.74 Å². The minimum atomic E-state index is 0.340. The molecule has 15 heavy (non-hydrogen) atoms. The topological polar surface area (TPSA) is 52.8 Å². The Morgan fingerprint density at radius 2 is 2.00 bits per heavy atom. The molecule has 84 valence electrons. The molecule has 2 heterocycles. The molecule has 0 spiro atoms. The predicted octanol–water partition coefficient (Wildman–Crippen LogP) is 1.26. The summed E-state index contributed by atoms with van der Waals surface area (Å²) in [6.45, 7) is 4.25. The Morgan fingerprint density at radius 1 is 1.33 bits per heavy atom. The summed E-state index contributed by atoms with van der Waals surface area (Å²) in [7, 11) is 1.87. The second-order valence-corrected chi connectivity index (χ2v) is 5.32. The lowest BCUT2D eigenvalue weighted by atomic mass is 10.1. The first-order chi connectivity index (χ1) is 7.15. The Morgan fingerprint density at radius 3 is 2.53 bits per heavy atom. The van der Waals surface area contributed by atoms with E-state index < -0.39 is 0 Å². The summed E-state index contributed by atoms with van der Waals surface area (Å²) in [5.41, 5.74) is 0. The largest absolute Gasteiger partial charge is 0.375 e. The summed E-state index contributed by atoms with van der Waals surface area (Å²) in [5.74, 6) is 0. The Kier molecular flexibility index (Phi) is 3.25. The van der Waals surface area contributed by atoms with Gasteiger partial charge in [-0.15, -0.1) is 5.10 Å². The molecule has 1 unspecified atom stereocenters.